The van der Waals surface area contributed by atoms with E-state index in [1.807, 2.05) is 6.08 Å². The maximum Gasteiger partial charge on any atom is 0.410 e. The molecule has 5 atom stereocenters. The van der Waals surface area contributed by atoms with Crippen molar-refractivity contribution in [3.05, 3.63) is 47.3 Å². The van der Waals surface area contributed by atoms with Crippen molar-refractivity contribution in [2.24, 2.45) is 5.92 Å². The van der Waals surface area contributed by atoms with Crippen LogP contribution in [0.1, 0.15) is 75.3 Å². The molecule has 0 radical (unpaired) electrons. The molecule has 6 amide bonds. The minimum Gasteiger partial charge on any atom is -0.444 e. The summed E-state index contributed by atoms with van der Waals surface area (Å²) in [4.78, 5) is 72.0. The largest absolute Gasteiger partial charge is 0.444 e. The van der Waals surface area contributed by atoms with E-state index in [1.165, 1.54) is 17.0 Å². The predicted molar refractivity (Wildman–Crippen MR) is 181 cm³/mol. The van der Waals surface area contributed by atoms with Crippen LogP contribution in [0.5, 0.6) is 0 Å². The molecule has 7 rings (SSSR count). The molecule has 1 aromatic carbocycles. The van der Waals surface area contributed by atoms with Gasteiger partial charge < -0.3 is 25.2 Å². The zero-order chi connectivity index (χ0) is 37.7. The van der Waals surface area contributed by atoms with Gasteiger partial charge in [0.1, 0.15) is 29.5 Å². The lowest BCUT2D eigenvalue weighted by atomic mass is 10.0. The molecule has 4 heterocycles. The van der Waals surface area contributed by atoms with E-state index in [9.17, 15) is 45.6 Å². The van der Waals surface area contributed by atoms with Crippen molar-refractivity contribution in [1.82, 2.24) is 30.1 Å². The number of hydrogen-bond acceptors (Lipinski definition) is 8. The minimum absolute atomic E-state index is 0.0416. The SMILES string of the molecule is O=C1N[C@]2(C(=O)NS(=O)(=O)C3CC3)C[C@H]2/C=C\CCCCC[C@H](NC(=O)N2CCC(F)(F)C2)C(=O)N2C[C@H](OC(=O)N3Cc4cccc(F)c4C3)C[C@@H]12. The molecule has 14 nitrogen and oxygen atoms in total. The molecule has 4 fully saturated rings. The quantitative estimate of drug-likeness (QED) is 0.384. The number of nitrogens with zero attached hydrogens (tertiary/aromatic N) is 3. The number of fused-ring (bicyclic) bond motifs is 3. The van der Waals surface area contributed by atoms with Crippen LogP contribution in [0.25, 0.3) is 0 Å². The molecule has 0 spiro atoms. The molecule has 1 aromatic rings. The van der Waals surface area contributed by atoms with Gasteiger partial charge in [0.05, 0.1) is 24.9 Å². The first kappa shape index (κ1) is 37.0. The standard InChI is InChI=1S/C35H43F3N6O8S/c36-26-9-6-7-21-17-43(19-25(21)26)33(49)52-23-15-28-29(45)40-35(31(47)41-53(50,51)24-11-12-24)16-22(35)8-4-2-1-3-5-10-27(30(46)44(28)18-23)39-32(48)42-14-13-34(37,38)20-42/h4,6-9,22-24,27-28H,1-3,5,10-20H2,(H,39,48)(H,40,45)(H,41,47)/b8-4-/t22-,23-,27+,28+,35-/m1/s1. The number of sulfonamides is 1. The normalized spacial score (nSPS) is 30.6. The van der Waals surface area contributed by atoms with E-state index in [1.54, 1.807) is 12.1 Å². The van der Waals surface area contributed by atoms with Crippen LogP contribution >= 0.6 is 0 Å². The summed E-state index contributed by atoms with van der Waals surface area (Å²) in [5, 5.41) is 4.65. The van der Waals surface area contributed by atoms with Crippen molar-refractivity contribution in [2.75, 3.05) is 19.6 Å². The van der Waals surface area contributed by atoms with Gasteiger partial charge in [-0.05, 0) is 50.2 Å². The zero-order valence-corrected chi connectivity index (χ0v) is 29.8. The molecule has 4 aliphatic heterocycles. The molecule has 0 bridgehead atoms. The fourth-order valence-corrected chi connectivity index (χ4v) is 9.09. The molecule has 2 saturated heterocycles. The van der Waals surface area contributed by atoms with Gasteiger partial charge in [0, 0.05) is 37.4 Å². The van der Waals surface area contributed by atoms with Gasteiger partial charge in [-0.25, -0.2) is 31.2 Å². The van der Waals surface area contributed by atoms with E-state index in [4.69, 9.17) is 4.74 Å². The third-order valence-electron chi connectivity index (χ3n) is 11.0. The third-order valence-corrected chi connectivity index (χ3v) is 12.9. The maximum atomic E-state index is 14.4. The number of urea groups is 1. The second kappa shape index (κ2) is 14.1. The number of benzene rings is 1. The number of amides is 6. The maximum absolute atomic E-state index is 14.4. The Kier molecular flexibility index (Phi) is 9.86. The van der Waals surface area contributed by atoms with Crippen LogP contribution in [-0.2, 0) is 42.2 Å². The number of carbonyl (C=O) groups is 5. The van der Waals surface area contributed by atoms with Gasteiger partial charge in [0.25, 0.3) is 11.8 Å². The first-order valence-electron chi connectivity index (χ1n) is 18.2. The number of nitrogens with one attached hydrogen (secondary N) is 3. The van der Waals surface area contributed by atoms with Crippen LogP contribution in [0.4, 0.5) is 22.8 Å². The van der Waals surface area contributed by atoms with Crippen LogP contribution in [-0.4, -0.2) is 107 Å². The van der Waals surface area contributed by atoms with Gasteiger partial charge in [-0.15, -0.1) is 0 Å². The number of hydrogen-bond donors (Lipinski definition) is 3. The Morgan fingerprint density at radius 3 is 2.53 bits per heavy atom. The number of alkyl halides is 2. The minimum atomic E-state index is -3.96. The van der Waals surface area contributed by atoms with Crippen molar-refractivity contribution in [1.29, 1.82) is 0 Å². The highest BCUT2D eigenvalue weighted by Gasteiger charge is 2.62. The Hall–Kier alpha value is -4.35. The Morgan fingerprint density at radius 1 is 1.02 bits per heavy atom. The summed E-state index contributed by atoms with van der Waals surface area (Å²) >= 11 is 0. The summed E-state index contributed by atoms with van der Waals surface area (Å²) in [6.07, 6.45) is 4.60. The van der Waals surface area contributed by atoms with Crippen molar-refractivity contribution in [2.45, 2.75) is 112 Å². The van der Waals surface area contributed by atoms with Crippen molar-refractivity contribution >= 4 is 39.9 Å². The highest BCUT2D eigenvalue weighted by atomic mass is 32.2. The smallest absolute Gasteiger partial charge is 0.410 e. The molecular weight excluding hydrogens is 721 g/mol. The van der Waals surface area contributed by atoms with Crippen LogP contribution < -0.4 is 15.4 Å². The van der Waals surface area contributed by atoms with Gasteiger partial charge in [-0.1, -0.05) is 37.1 Å². The van der Waals surface area contributed by atoms with Crippen molar-refractivity contribution < 1.29 is 50.3 Å². The lowest BCUT2D eigenvalue weighted by Gasteiger charge is -2.30. The molecular formula is C35H43F3N6O8S. The number of allylic oxidation sites excluding steroid dienone is 1. The Bertz CT molecular complexity index is 1830. The monoisotopic (exact) mass is 764 g/mol. The number of ether oxygens (including phenoxy) is 1. The second-order valence-corrected chi connectivity index (χ2v) is 17.0. The van der Waals surface area contributed by atoms with Gasteiger partial charge in [-0.2, -0.15) is 0 Å². The first-order valence-corrected chi connectivity index (χ1v) is 19.7. The predicted octanol–water partition coefficient (Wildman–Crippen LogP) is 2.67. The topological polar surface area (TPSA) is 175 Å². The first-order chi connectivity index (χ1) is 25.2. The van der Waals surface area contributed by atoms with Crippen LogP contribution in [0.2, 0.25) is 0 Å². The molecule has 53 heavy (non-hydrogen) atoms. The number of rotatable bonds is 5. The Morgan fingerprint density at radius 2 is 1.81 bits per heavy atom. The molecule has 2 saturated carbocycles. The molecule has 0 unspecified atom stereocenters. The lowest BCUT2D eigenvalue weighted by molar-refractivity contribution is -0.141. The molecule has 0 aromatic heterocycles. The van der Waals surface area contributed by atoms with E-state index < -0.39 is 99.5 Å². The highest BCUT2D eigenvalue weighted by molar-refractivity contribution is 7.91. The van der Waals surface area contributed by atoms with E-state index >= 15 is 0 Å². The van der Waals surface area contributed by atoms with Crippen molar-refractivity contribution in [3.8, 4) is 0 Å². The Labute approximate surface area is 304 Å². The van der Waals surface area contributed by atoms with E-state index in [2.05, 4.69) is 15.4 Å². The third kappa shape index (κ3) is 7.82. The van der Waals surface area contributed by atoms with Gasteiger partial charge in [-0.3, -0.25) is 24.0 Å². The number of carbonyl (C=O) groups excluding carboxylic acids is 5. The summed E-state index contributed by atoms with van der Waals surface area (Å²) < 4.78 is 75.8. The summed E-state index contributed by atoms with van der Waals surface area (Å²) in [6.45, 7) is -1.23. The van der Waals surface area contributed by atoms with E-state index in [0.717, 1.165) is 9.80 Å². The van der Waals surface area contributed by atoms with Crippen LogP contribution in [0.3, 0.4) is 0 Å². The van der Waals surface area contributed by atoms with Gasteiger partial charge in [0.2, 0.25) is 21.8 Å². The van der Waals surface area contributed by atoms with Crippen LogP contribution in [0.15, 0.2) is 30.4 Å². The van der Waals surface area contributed by atoms with E-state index in [0.29, 0.717) is 49.7 Å². The zero-order valence-electron chi connectivity index (χ0n) is 29.0. The average Bonchev–Trinajstić information content (AvgIpc) is 3.93. The molecule has 2 aliphatic carbocycles. The molecule has 6 aliphatic rings. The number of halogens is 3. The van der Waals surface area contributed by atoms with Gasteiger partial charge >= 0.3 is 12.1 Å². The summed E-state index contributed by atoms with van der Waals surface area (Å²) in [5.41, 5.74) is -0.642. The van der Waals surface area contributed by atoms with Gasteiger partial charge in [0.15, 0.2) is 0 Å². The fraction of sp³-hybridized carbons (Fsp3) is 0.629. The lowest BCUT2D eigenvalue weighted by Crippen LogP contribution is -2.58. The summed E-state index contributed by atoms with van der Waals surface area (Å²) in [5.74, 6) is -6.42. The molecule has 3 N–H and O–H groups in total. The molecule has 288 valence electrons. The number of likely N-dealkylation sites (tertiary alicyclic amines) is 1. The molecule has 18 heteroatoms. The summed E-state index contributed by atoms with van der Waals surface area (Å²) in [7, 11) is -3.96. The van der Waals surface area contributed by atoms with E-state index in [-0.39, 0.29) is 45.4 Å². The van der Waals surface area contributed by atoms with Crippen LogP contribution in [0, 0.1) is 11.7 Å². The summed E-state index contributed by atoms with van der Waals surface area (Å²) in [6, 6.07) is 1.14. The highest BCUT2D eigenvalue weighted by Crippen LogP contribution is 2.46. The Balaban J connectivity index is 1.13. The average molecular weight is 765 g/mol. The fourth-order valence-electron chi connectivity index (χ4n) is 7.72. The second-order valence-electron chi connectivity index (χ2n) is 15.0. The van der Waals surface area contributed by atoms with Crippen molar-refractivity contribution in [3.63, 3.8) is 0 Å².